The van der Waals surface area contributed by atoms with Gasteiger partial charge >= 0.3 is 0 Å². The van der Waals surface area contributed by atoms with Crippen LogP contribution in [0.4, 0.5) is 0 Å². The molecule has 1 atom stereocenters. The van der Waals surface area contributed by atoms with Gasteiger partial charge in [0.25, 0.3) is 0 Å². The van der Waals surface area contributed by atoms with Crippen LogP contribution in [-0.2, 0) is 6.54 Å². The zero-order chi connectivity index (χ0) is 12.4. The minimum atomic E-state index is 0.550. The van der Waals surface area contributed by atoms with E-state index in [1.165, 1.54) is 12.0 Å². The number of hydrogen-bond acceptors (Lipinski definition) is 2. The van der Waals surface area contributed by atoms with Gasteiger partial charge in [-0.15, -0.1) is 0 Å². The van der Waals surface area contributed by atoms with Crippen molar-refractivity contribution in [3.63, 3.8) is 0 Å². The molecule has 18 heavy (non-hydrogen) atoms. The van der Waals surface area contributed by atoms with Gasteiger partial charge in [0.05, 0.1) is 6.54 Å². The summed E-state index contributed by atoms with van der Waals surface area (Å²) in [5.74, 6) is 1.59. The minimum Gasteiger partial charge on any atom is -0.348 e. The molecule has 3 rings (SSSR count). The fourth-order valence-corrected chi connectivity index (χ4v) is 2.92. The van der Waals surface area contributed by atoms with E-state index in [1.54, 1.807) is 6.20 Å². The molecular formula is C14H16ClN3. The summed E-state index contributed by atoms with van der Waals surface area (Å²) in [5.41, 5.74) is 1.28. The van der Waals surface area contributed by atoms with Crippen molar-refractivity contribution in [1.29, 1.82) is 0 Å². The average Bonchev–Trinajstić information content (AvgIpc) is 3.02. The summed E-state index contributed by atoms with van der Waals surface area (Å²) in [7, 11) is 0. The standard InChI is InChI=1S/C14H16ClN3/c15-13-4-2-1-3-12(13)11-5-8-18(9-11)10-14-16-6-7-17-14/h1-4,6-7,11H,5,8-10H2,(H,16,17)/t11-/m0/s1. The van der Waals surface area contributed by atoms with Crippen LogP contribution in [0.1, 0.15) is 23.7 Å². The third-order valence-corrected chi connectivity index (χ3v) is 3.89. The smallest absolute Gasteiger partial charge is 0.120 e. The van der Waals surface area contributed by atoms with Gasteiger partial charge in [-0.05, 0) is 30.5 Å². The topological polar surface area (TPSA) is 31.9 Å². The maximum Gasteiger partial charge on any atom is 0.120 e. The highest BCUT2D eigenvalue weighted by molar-refractivity contribution is 6.31. The monoisotopic (exact) mass is 261 g/mol. The van der Waals surface area contributed by atoms with Gasteiger partial charge in [-0.25, -0.2) is 4.98 Å². The summed E-state index contributed by atoms with van der Waals surface area (Å²) < 4.78 is 0. The molecule has 1 aliphatic heterocycles. The van der Waals surface area contributed by atoms with E-state index in [9.17, 15) is 0 Å². The summed E-state index contributed by atoms with van der Waals surface area (Å²) in [6.45, 7) is 3.06. The maximum absolute atomic E-state index is 6.26. The number of hydrogen-bond donors (Lipinski definition) is 1. The molecule has 94 valence electrons. The predicted molar refractivity (Wildman–Crippen MR) is 72.7 cm³/mol. The van der Waals surface area contributed by atoms with E-state index in [0.717, 1.165) is 30.5 Å². The number of likely N-dealkylation sites (tertiary alicyclic amines) is 1. The summed E-state index contributed by atoms with van der Waals surface area (Å²) in [6.07, 6.45) is 4.85. The molecule has 2 aromatic rings. The van der Waals surface area contributed by atoms with E-state index in [4.69, 9.17) is 11.6 Å². The lowest BCUT2D eigenvalue weighted by molar-refractivity contribution is 0.319. The number of halogens is 1. The van der Waals surface area contributed by atoms with Gasteiger partial charge in [0.2, 0.25) is 0 Å². The lowest BCUT2D eigenvalue weighted by atomic mass is 9.98. The van der Waals surface area contributed by atoms with Crippen LogP contribution in [0.15, 0.2) is 36.7 Å². The summed E-state index contributed by atoms with van der Waals surface area (Å²) in [6, 6.07) is 8.17. The van der Waals surface area contributed by atoms with E-state index in [1.807, 2.05) is 18.3 Å². The molecule has 1 aliphatic rings. The minimum absolute atomic E-state index is 0.550. The Morgan fingerprint density at radius 2 is 2.28 bits per heavy atom. The Morgan fingerprint density at radius 1 is 1.39 bits per heavy atom. The molecule has 0 saturated carbocycles. The quantitative estimate of drug-likeness (QED) is 0.921. The van der Waals surface area contributed by atoms with Gasteiger partial charge < -0.3 is 4.98 Å². The number of nitrogens with zero attached hydrogens (tertiary/aromatic N) is 2. The van der Waals surface area contributed by atoms with Crippen molar-refractivity contribution in [2.45, 2.75) is 18.9 Å². The van der Waals surface area contributed by atoms with Crippen LogP contribution in [0.2, 0.25) is 5.02 Å². The molecule has 1 aromatic heterocycles. The van der Waals surface area contributed by atoms with Crippen molar-refractivity contribution in [2.24, 2.45) is 0 Å². The Hall–Kier alpha value is -1.32. The molecule has 0 spiro atoms. The summed E-state index contributed by atoms with van der Waals surface area (Å²) >= 11 is 6.26. The molecule has 1 aromatic carbocycles. The van der Waals surface area contributed by atoms with Crippen molar-refractivity contribution >= 4 is 11.6 Å². The first kappa shape index (κ1) is 11.8. The van der Waals surface area contributed by atoms with Crippen LogP contribution in [0.25, 0.3) is 0 Å². The van der Waals surface area contributed by atoms with E-state index >= 15 is 0 Å². The zero-order valence-electron chi connectivity index (χ0n) is 10.1. The molecule has 4 heteroatoms. The van der Waals surface area contributed by atoms with Crippen molar-refractivity contribution in [3.05, 3.63) is 53.1 Å². The molecule has 1 saturated heterocycles. The highest BCUT2D eigenvalue weighted by Crippen LogP contribution is 2.32. The second-order valence-corrected chi connectivity index (χ2v) is 5.19. The molecular weight excluding hydrogens is 246 g/mol. The molecule has 0 bridgehead atoms. The van der Waals surface area contributed by atoms with E-state index in [2.05, 4.69) is 27.0 Å². The van der Waals surface area contributed by atoms with E-state index in [-0.39, 0.29) is 0 Å². The second kappa shape index (κ2) is 5.12. The Balaban J connectivity index is 1.67. The predicted octanol–water partition coefficient (Wildman–Crippen LogP) is 3.05. The fourth-order valence-electron chi connectivity index (χ4n) is 2.63. The fraction of sp³-hybridized carbons (Fsp3) is 0.357. The Kier molecular flexibility index (Phi) is 3.35. The molecule has 1 fully saturated rings. The number of rotatable bonds is 3. The van der Waals surface area contributed by atoms with E-state index in [0.29, 0.717) is 5.92 Å². The third kappa shape index (κ3) is 2.42. The Morgan fingerprint density at radius 3 is 3.06 bits per heavy atom. The van der Waals surface area contributed by atoms with E-state index < -0.39 is 0 Å². The van der Waals surface area contributed by atoms with Gasteiger partial charge in [-0.1, -0.05) is 29.8 Å². The van der Waals surface area contributed by atoms with Crippen molar-refractivity contribution in [2.75, 3.05) is 13.1 Å². The average molecular weight is 262 g/mol. The van der Waals surface area contributed by atoms with Gasteiger partial charge in [-0.2, -0.15) is 0 Å². The summed E-state index contributed by atoms with van der Waals surface area (Å²) in [4.78, 5) is 9.85. The van der Waals surface area contributed by atoms with Crippen LogP contribution in [-0.4, -0.2) is 28.0 Å². The van der Waals surface area contributed by atoms with Crippen LogP contribution >= 0.6 is 11.6 Å². The largest absolute Gasteiger partial charge is 0.348 e. The van der Waals surface area contributed by atoms with Crippen molar-refractivity contribution < 1.29 is 0 Å². The molecule has 1 N–H and O–H groups in total. The number of aromatic nitrogens is 2. The van der Waals surface area contributed by atoms with Crippen LogP contribution in [0.5, 0.6) is 0 Å². The highest BCUT2D eigenvalue weighted by Gasteiger charge is 2.25. The number of nitrogens with one attached hydrogen (secondary N) is 1. The molecule has 0 aliphatic carbocycles. The second-order valence-electron chi connectivity index (χ2n) is 4.78. The lowest BCUT2D eigenvalue weighted by Gasteiger charge is -2.15. The number of benzene rings is 1. The number of aromatic amines is 1. The van der Waals surface area contributed by atoms with Gasteiger partial charge in [-0.3, -0.25) is 4.90 Å². The Bertz CT molecular complexity index is 510. The van der Waals surface area contributed by atoms with Gasteiger partial charge in [0.15, 0.2) is 0 Å². The molecule has 0 unspecified atom stereocenters. The number of imidazole rings is 1. The SMILES string of the molecule is Clc1ccccc1[C@H]1CCN(Cc2ncc[nH]2)C1. The van der Waals surface area contributed by atoms with Gasteiger partial charge in [0.1, 0.15) is 5.82 Å². The van der Waals surface area contributed by atoms with Crippen LogP contribution in [0, 0.1) is 0 Å². The van der Waals surface area contributed by atoms with Crippen LogP contribution in [0.3, 0.4) is 0 Å². The number of H-pyrrole nitrogens is 1. The van der Waals surface area contributed by atoms with Gasteiger partial charge in [0, 0.05) is 24.0 Å². The van der Waals surface area contributed by atoms with Crippen LogP contribution < -0.4 is 0 Å². The molecule has 0 amide bonds. The zero-order valence-corrected chi connectivity index (χ0v) is 10.9. The lowest BCUT2D eigenvalue weighted by Crippen LogP contribution is -2.20. The Labute approximate surface area is 112 Å². The third-order valence-electron chi connectivity index (χ3n) is 3.55. The van der Waals surface area contributed by atoms with Crippen molar-refractivity contribution in [1.82, 2.24) is 14.9 Å². The first-order valence-electron chi connectivity index (χ1n) is 6.28. The maximum atomic E-state index is 6.26. The molecule has 3 nitrogen and oxygen atoms in total. The molecule has 2 heterocycles. The first-order valence-corrected chi connectivity index (χ1v) is 6.66. The first-order chi connectivity index (χ1) is 8.83. The highest BCUT2D eigenvalue weighted by atomic mass is 35.5. The van der Waals surface area contributed by atoms with Crippen molar-refractivity contribution in [3.8, 4) is 0 Å². The normalized spacial score (nSPS) is 20.4. The molecule has 0 radical (unpaired) electrons. The summed E-state index contributed by atoms with van der Waals surface area (Å²) in [5, 5.41) is 0.891.